The number of aromatic nitrogens is 1. The largest absolute Gasteiger partial charge is 0.478 e. The summed E-state index contributed by atoms with van der Waals surface area (Å²) in [6, 6.07) is 3.18. The number of nitrogens with one attached hydrogen (secondary N) is 1. The van der Waals surface area contributed by atoms with E-state index in [-0.39, 0.29) is 11.0 Å². The predicted octanol–water partition coefficient (Wildman–Crippen LogP) is 4.11. The van der Waals surface area contributed by atoms with E-state index in [4.69, 9.17) is 5.11 Å². The van der Waals surface area contributed by atoms with Gasteiger partial charge in [0.1, 0.15) is 5.82 Å². The standard InChI is InChI=1S/C16H26N2O2/c1-5-6-7-8-16(3,4)11-17-14-10-13(15(19)20)9-12(2)18-14/h9-10H,5-8,11H2,1-4H3,(H,17,18)(H,19,20). The molecule has 0 atom stereocenters. The zero-order chi connectivity index (χ0) is 15.2. The van der Waals surface area contributed by atoms with Crippen LogP contribution in [0.4, 0.5) is 5.82 Å². The van der Waals surface area contributed by atoms with Gasteiger partial charge in [-0.25, -0.2) is 9.78 Å². The predicted molar refractivity (Wildman–Crippen MR) is 82.3 cm³/mol. The monoisotopic (exact) mass is 278 g/mol. The molecule has 0 radical (unpaired) electrons. The molecule has 2 N–H and O–H groups in total. The van der Waals surface area contributed by atoms with Crippen LogP contribution in [0.1, 0.15) is 62.5 Å². The van der Waals surface area contributed by atoms with Crippen molar-refractivity contribution < 1.29 is 9.90 Å². The summed E-state index contributed by atoms with van der Waals surface area (Å²) in [5.74, 6) is -0.272. The quantitative estimate of drug-likeness (QED) is 0.703. The van der Waals surface area contributed by atoms with Crippen LogP contribution in [0.15, 0.2) is 12.1 Å². The highest BCUT2D eigenvalue weighted by Gasteiger charge is 2.17. The number of carboxylic acid groups (broad SMARTS) is 1. The van der Waals surface area contributed by atoms with Crippen LogP contribution >= 0.6 is 0 Å². The van der Waals surface area contributed by atoms with Crippen molar-refractivity contribution in [3.63, 3.8) is 0 Å². The van der Waals surface area contributed by atoms with Gasteiger partial charge in [-0.05, 0) is 30.9 Å². The van der Waals surface area contributed by atoms with Gasteiger partial charge in [-0.1, -0.05) is 40.0 Å². The van der Waals surface area contributed by atoms with E-state index >= 15 is 0 Å². The Morgan fingerprint density at radius 1 is 1.35 bits per heavy atom. The Hall–Kier alpha value is -1.58. The summed E-state index contributed by atoms with van der Waals surface area (Å²) in [7, 11) is 0. The van der Waals surface area contributed by atoms with Gasteiger partial charge >= 0.3 is 5.97 Å². The number of aryl methyl sites for hydroxylation is 1. The highest BCUT2D eigenvalue weighted by molar-refractivity contribution is 5.88. The third kappa shape index (κ3) is 5.59. The molecule has 0 saturated heterocycles. The number of unbranched alkanes of at least 4 members (excludes halogenated alkanes) is 2. The molecular formula is C16H26N2O2. The third-order valence-corrected chi connectivity index (χ3v) is 3.41. The maximum atomic E-state index is 11.0. The molecule has 0 fully saturated rings. The SMILES string of the molecule is CCCCCC(C)(C)CNc1cc(C(=O)O)cc(C)n1. The van der Waals surface area contributed by atoms with Gasteiger partial charge in [-0.15, -0.1) is 0 Å². The summed E-state index contributed by atoms with van der Waals surface area (Å²) in [5, 5.41) is 12.3. The minimum Gasteiger partial charge on any atom is -0.478 e. The molecule has 0 aliphatic rings. The van der Waals surface area contributed by atoms with Gasteiger partial charge in [-0.2, -0.15) is 0 Å². The number of anilines is 1. The van der Waals surface area contributed by atoms with Gasteiger partial charge in [0.05, 0.1) is 5.56 Å². The van der Waals surface area contributed by atoms with Gasteiger partial charge in [0.15, 0.2) is 0 Å². The van der Waals surface area contributed by atoms with E-state index in [0.29, 0.717) is 5.82 Å². The van der Waals surface area contributed by atoms with Crippen LogP contribution in [0.3, 0.4) is 0 Å². The summed E-state index contributed by atoms with van der Waals surface area (Å²) >= 11 is 0. The topological polar surface area (TPSA) is 62.2 Å². The van der Waals surface area contributed by atoms with Gasteiger partial charge in [0.25, 0.3) is 0 Å². The second-order valence-electron chi connectivity index (χ2n) is 6.16. The van der Waals surface area contributed by atoms with Crippen molar-refractivity contribution in [1.82, 2.24) is 4.98 Å². The number of hydrogen-bond acceptors (Lipinski definition) is 3. The first-order valence-corrected chi connectivity index (χ1v) is 7.30. The molecule has 1 rings (SSSR count). The van der Waals surface area contributed by atoms with Gasteiger partial charge < -0.3 is 10.4 Å². The van der Waals surface area contributed by atoms with E-state index in [1.54, 1.807) is 12.1 Å². The van der Waals surface area contributed by atoms with Crippen molar-refractivity contribution in [2.75, 3.05) is 11.9 Å². The molecule has 1 aromatic rings. The fraction of sp³-hybridized carbons (Fsp3) is 0.625. The molecule has 4 heteroatoms. The highest BCUT2D eigenvalue weighted by atomic mass is 16.4. The molecule has 1 aromatic heterocycles. The number of hydrogen-bond donors (Lipinski definition) is 2. The van der Waals surface area contributed by atoms with Crippen LogP contribution in [0.5, 0.6) is 0 Å². The molecule has 0 bridgehead atoms. The van der Waals surface area contributed by atoms with E-state index in [0.717, 1.165) is 18.7 Å². The maximum Gasteiger partial charge on any atom is 0.335 e. The maximum absolute atomic E-state index is 11.0. The Balaban J connectivity index is 2.62. The molecule has 4 nitrogen and oxygen atoms in total. The van der Waals surface area contributed by atoms with Crippen LogP contribution in [-0.2, 0) is 0 Å². The van der Waals surface area contributed by atoms with Crippen LogP contribution in [0.25, 0.3) is 0 Å². The minimum atomic E-state index is -0.916. The number of carbonyl (C=O) groups is 1. The van der Waals surface area contributed by atoms with E-state index in [2.05, 4.69) is 31.1 Å². The Kier molecular flexibility index (Phi) is 5.99. The fourth-order valence-electron chi connectivity index (χ4n) is 2.15. The average molecular weight is 278 g/mol. The summed E-state index contributed by atoms with van der Waals surface area (Å²) in [6.45, 7) is 9.26. The lowest BCUT2D eigenvalue weighted by Gasteiger charge is -2.25. The first-order valence-electron chi connectivity index (χ1n) is 7.30. The van der Waals surface area contributed by atoms with Gasteiger partial charge in [0, 0.05) is 12.2 Å². The van der Waals surface area contributed by atoms with Crippen molar-refractivity contribution in [2.45, 2.75) is 53.4 Å². The molecule has 0 amide bonds. The number of aromatic carboxylic acids is 1. The van der Waals surface area contributed by atoms with E-state index < -0.39 is 5.97 Å². The molecule has 0 spiro atoms. The van der Waals surface area contributed by atoms with E-state index in [1.807, 2.05) is 6.92 Å². The first-order chi connectivity index (χ1) is 9.34. The second-order valence-corrected chi connectivity index (χ2v) is 6.16. The third-order valence-electron chi connectivity index (χ3n) is 3.41. The van der Waals surface area contributed by atoms with Crippen molar-refractivity contribution in [1.29, 1.82) is 0 Å². The molecule has 20 heavy (non-hydrogen) atoms. The molecule has 0 aliphatic carbocycles. The molecule has 1 heterocycles. The van der Waals surface area contributed by atoms with E-state index in [1.165, 1.54) is 19.3 Å². The number of pyridine rings is 1. The van der Waals surface area contributed by atoms with Crippen LogP contribution < -0.4 is 5.32 Å². The normalized spacial score (nSPS) is 11.4. The minimum absolute atomic E-state index is 0.185. The summed E-state index contributed by atoms with van der Waals surface area (Å²) in [6.07, 6.45) is 4.87. The highest BCUT2D eigenvalue weighted by Crippen LogP contribution is 2.24. The first kappa shape index (κ1) is 16.5. The Labute approximate surface area is 121 Å². The lowest BCUT2D eigenvalue weighted by molar-refractivity contribution is 0.0696. The molecule has 112 valence electrons. The Morgan fingerprint density at radius 3 is 2.65 bits per heavy atom. The molecular weight excluding hydrogens is 252 g/mol. The summed E-state index contributed by atoms with van der Waals surface area (Å²) in [4.78, 5) is 15.4. The van der Waals surface area contributed by atoms with Crippen LogP contribution in [0, 0.1) is 12.3 Å². The summed E-state index contributed by atoms with van der Waals surface area (Å²) < 4.78 is 0. The van der Waals surface area contributed by atoms with Crippen molar-refractivity contribution in [3.8, 4) is 0 Å². The van der Waals surface area contributed by atoms with Crippen molar-refractivity contribution >= 4 is 11.8 Å². The van der Waals surface area contributed by atoms with Crippen LogP contribution in [-0.4, -0.2) is 22.6 Å². The van der Waals surface area contributed by atoms with Crippen molar-refractivity contribution in [3.05, 3.63) is 23.4 Å². The average Bonchev–Trinajstić information content (AvgIpc) is 2.36. The second kappa shape index (κ2) is 7.27. The molecule has 0 aromatic carbocycles. The number of nitrogens with zero attached hydrogens (tertiary/aromatic N) is 1. The van der Waals surface area contributed by atoms with E-state index in [9.17, 15) is 4.79 Å². The lowest BCUT2D eigenvalue weighted by atomic mass is 9.87. The van der Waals surface area contributed by atoms with Gasteiger partial charge in [-0.3, -0.25) is 0 Å². The molecule has 0 unspecified atom stereocenters. The molecule has 0 saturated carbocycles. The number of rotatable bonds is 8. The summed E-state index contributed by atoms with van der Waals surface area (Å²) in [5.41, 5.74) is 1.18. The smallest absolute Gasteiger partial charge is 0.335 e. The molecule has 0 aliphatic heterocycles. The Morgan fingerprint density at radius 2 is 2.05 bits per heavy atom. The van der Waals surface area contributed by atoms with Crippen molar-refractivity contribution in [2.24, 2.45) is 5.41 Å². The zero-order valence-electron chi connectivity index (χ0n) is 13.0. The Bertz CT molecular complexity index is 456. The van der Waals surface area contributed by atoms with Crippen LogP contribution in [0.2, 0.25) is 0 Å². The number of carboxylic acids is 1. The zero-order valence-corrected chi connectivity index (χ0v) is 13.0. The lowest BCUT2D eigenvalue weighted by Crippen LogP contribution is -2.23. The fourth-order valence-corrected chi connectivity index (χ4v) is 2.15. The van der Waals surface area contributed by atoms with Gasteiger partial charge in [0.2, 0.25) is 0 Å².